The Labute approximate surface area is 199 Å². The molecule has 0 radical (unpaired) electrons. The van der Waals surface area contributed by atoms with Gasteiger partial charge in [0.2, 0.25) is 0 Å². The predicted molar refractivity (Wildman–Crippen MR) is 116 cm³/mol. The van der Waals surface area contributed by atoms with E-state index in [1.54, 1.807) is 0 Å². The van der Waals surface area contributed by atoms with Gasteiger partial charge in [-0.15, -0.1) is 0 Å². The molecule has 0 bridgehead atoms. The number of rotatable bonds is 20. The van der Waals surface area contributed by atoms with E-state index in [9.17, 15) is 59.4 Å². The van der Waals surface area contributed by atoms with Crippen molar-refractivity contribution >= 4 is 35.8 Å². The lowest BCUT2D eigenvalue weighted by molar-refractivity contribution is -0.170. The van der Waals surface area contributed by atoms with Crippen LogP contribution < -0.4 is 22.1 Å². The maximum absolute atomic E-state index is 12.1. The summed E-state index contributed by atoms with van der Waals surface area (Å²) in [6.07, 6.45) is -7.43. The highest BCUT2D eigenvalue weighted by Crippen LogP contribution is 2.54. The predicted octanol–water partition coefficient (Wildman–Crippen LogP) is -2.60. The largest absolute Gasteiger partial charge is 0.481 e. The molecule has 0 aliphatic carbocycles. The number of aliphatic carboxylic acids is 6. The van der Waals surface area contributed by atoms with Gasteiger partial charge < -0.3 is 52.7 Å². The van der Waals surface area contributed by atoms with E-state index >= 15 is 0 Å². The van der Waals surface area contributed by atoms with E-state index in [0.717, 1.165) is 0 Å². The van der Waals surface area contributed by atoms with E-state index in [1.165, 1.54) is 0 Å². The lowest BCUT2D eigenvalue weighted by Gasteiger charge is -2.59. The molecule has 0 fully saturated rings. The zero-order valence-electron chi connectivity index (χ0n) is 18.9. The smallest absolute Gasteiger partial charge is 0.305 e. The lowest BCUT2D eigenvalue weighted by Crippen LogP contribution is -2.75. The second kappa shape index (κ2) is 13.5. The monoisotopic (exact) mass is 508 g/mol. The van der Waals surface area contributed by atoms with Crippen molar-refractivity contribution < 1.29 is 59.4 Å². The second-order valence-corrected chi connectivity index (χ2v) is 8.10. The summed E-state index contributed by atoms with van der Waals surface area (Å²) in [7, 11) is 0. The SMILES string of the molecule is NCCNC(CC(=O)O)(CC(=O)O)C(CC(=O)O)(CC(=O)O)C(CC(=O)O)(CC(=O)O)NCCN. The molecule has 0 amide bonds. The minimum atomic E-state index is -2.66. The Balaban J connectivity index is 7.99. The van der Waals surface area contributed by atoms with Crippen LogP contribution in [0.1, 0.15) is 38.5 Å². The molecule has 0 aromatic rings. The average Bonchev–Trinajstić information content (AvgIpc) is 2.67. The number of carboxylic acids is 6. The lowest BCUT2D eigenvalue weighted by atomic mass is 9.50. The van der Waals surface area contributed by atoms with E-state index in [0.29, 0.717) is 0 Å². The number of hydrogen-bond donors (Lipinski definition) is 10. The van der Waals surface area contributed by atoms with Crippen molar-refractivity contribution in [1.29, 1.82) is 0 Å². The zero-order chi connectivity index (χ0) is 27.4. The van der Waals surface area contributed by atoms with Gasteiger partial charge in [0, 0.05) is 42.7 Å². The van der Waals surface area contributed by atoms with Crippen molar-refractivity contribution in [1.82, 2.24) is 10.6 Å². The summed E-state index contributed by atoms with van der Waals surface area (Å²) < 4.78 is 0. The molecule has 0 spiro atoms. The Bertz CT molecular complexity index is 718. The topological polar surface area (TPSA) is 300 Å². The summed E-state index contributed by atoms with van der Waals surface area (Å²) >= 11 is 0. The fourth-order valence-electron chi connectivity index (χ4n) is 4.76. The van der Waals surface area contributed by atoms with Crippen molar-refractivity contribution in [2.24, 2.45) is 16.9 Å². The number of nitrogens with one attached hydrogen (secondary N) is 2. The molecule has 16 heteroatoms. The first-order valence-corrected chi connectivity index (χ1v) is 10.3. The molecule has 0 aliphatic heterocycles. The fraction of sp³-hybridized carbons (Fsp3) is 0.684. The summed E-state index contributed by atoms with van der Waals surface area (Å²) in [5.41, 5.74) is 3.32. The highest BCUT2D eigenvalue weighted by molar-refractivity contribution is 5.80. The molecule has 0 atom stereocenters. The number of nitrogens with two attached hydrogens (primary N) is 2. The molecular formula is C19H32N4O12. The molecule has 0 rings (SSSR count). The third kappa shape index (κ3) is 8.43. The Hall–Kier alpha value is -3.34. The molecule has 16 nitrogen and oxygen atoms in total. The van der Waals surface area contributed by atoms with Gasteiger partial charge in [0.25, 0.3) is 0 Å². The summed E-state index contributed by atoms with van der Waals surface area (Å²) in [6.45, 7) is -1.15. The molecule has 0 aliphatic rings. The maximum Gasteiger partial charge on any atom is 0.305 e. The summed E-state index contributed by atoms with van der Waals surface area (Å²) in [6, 6.07) is 0. The number of hydrogen-bond acceptors (Lipinski definition) is 10. The first-order valence-electron chi connectivity index (χ1n) is 10.3. The van der Waals surface area contributed by atoms with E-state index in [4.69, 9.17) is 11.5 Å². The Morgan fingerprint density at radius 1 is 0.486 bits per heavy atom. The van der Waals surface area contributed by atoms with E-state index < -0.39 is 90.8 Å². The molecule has 0 aromatic heterocycles. The zero-order valence-corrected chi connectivity index (χ0v) is 18.9. The van der Waals surface area contributed by atoms with Crippen molar-refractivity contribution in [3.05, 3.63) is 0 Å². The highest BCUT2D eigenvalue weighted by Gasteiger charge is 2.66. The van der Waals surface area contributed by atoms with Crippen LogP contribution in [-0.4, -0.2) is 104 Å². The van der Waals surface area contributed by atoms with Crippen molar-refractivity contribution in [3.63, 3.8) is 0 Å². The molecular weight excluding hydrogens is 476 g/mol. The van der Waals surface area contributed by atoms with Gasteiger partial charge in [-0.3, -0.25) is 28.8 Å². The first kappa shape index (κ1) is 31.7. The van der Waals surface area contributed by atoms with Gasteiger partial charge in [-0.2, -0.15) is 0 Å². The van der Waals surface area contributed by atoms with Crippen molar-refractivity contribution in [2.45, 2.75) is 49.6 Å². The highest BCUT2D eigenvalue weighted by atomic mass is 16.4. The second-order valence-electron chi connectivity index (χ2n) is 8.10. The molecule has 0 heterocycles. The third-order valence-electron chi connectivity index (χ3n) is 5.77. The Morgan fingerprint density at radius 2 is 0.714 bits per heavy atom. The Kier molecular flexibility index (Phi) is 12.2. The molecule has 0 aromatic carbocycles. The van der Waals surface area contributed by atoms with Gasteiger partial charge in [-0.1, -0.05) is 0 Å². The standard InChI is InChI=1S/C19H32N4O12/c20-1-3-22-18(7-13(28)29,8-14(30)31)17(5-11(24)25,6-12(26)27)19(9-15(32)33,10-16(34)35)23-4-2-21/h22-23H,1-10,20-21H2,(H,24,25)(H,26,27)(H,28,29)(H,30,31)(H,32,33)(H,34,35). The Morgan fingerprint density at radius 3 is 0.886 bits per heavy atom. The van der Waals surface area contributed by atoms with Gasteiger partial charge in [0.15, 0.2) is 0 Å². The molecule has 0 saturated heterocycles. The minimum absolute atomic E-state index is 0.238. The normalized spacial score (nSPS) is 12.2. The van der Waals surface area contributed by atoms with Crippen LogP contribution >= 0.6 is 0 Å². The molecule has 35 heavy (non-hydrogen) atoms. The van der Waals surface area contributed by atoms with E-state index in [-0.39, 0.29) is 26.2 Å². The van der Waals surface area contributed by atoms with Crippen LogP contribution in [0.3, 0.4) is 0 Å². The number of carboxylic acid groups (broad SMARTS) is 6. The maximum atomic E-state index is 12.1. The first-order chi connectivity index (χ1) is 16.1. The van der Waals surface area contributed by atoms with Crippen LogP contribution in [0.25, 0.3) is 0 Å². The van der Waals surface area contributed by atoms with Crippen LogP contribution in [0.2, 0.25) is 0 Å². The molecule has 12 N–H and O–H groups in total. The van der Waals surface area contributed by atoms with Crippen LogP contribution in [0.15, 0.2) is 0 Å². The molecule has 200 valence electrons. The summed E-state index contributed by atoms with van der Waals surface area (Å²) in [4.78, 5) is 71.9. The quantitative estimate of drug-likeness (QED) is 0.0805. The van der Waals surface area contributed by atoms with Gasteiger partial charge in [0.1, 0.15) is 0 Å². The van der Waals surface area contributed by atoms with Crippen LogP contribution in [0.4, 0.5) is 0 Å². The van der Waals surface area contributed by atoms with Crippen LogP contribution in [0.5, 0.6) is 0 Å². The summed E-state index contributed by atoms with van der Waals surface area (Å²) in [5.74, 6) is -10.3. The van der Waals surface area contributed by atoms with Crippen molar-refractivity contribution in [2.75, 3.05) is 26.2 Å². The third-order valence-corrected chi connectivity index (χ3v) is 5.77. The van der Waals surface area contributed by atoms with E-state index in [2.05, 4.69) is 10.6 Å². The van der Waals surface area contributed by atoms with E-state index in [1.807, 2.05) is 0 Å². The minimum Gasteiger partial charge on any atom is -0.481 e. The molecule has 0 saturated carbocycles. The van der Waals surface area contributed by atoms with Gasteiger partial charge in [-0.25, -0.2) is 0 Å². The van der Waals surface area contributed by atoms with Crippen LogP contribution in [0, 0.1) is 5.41 Å². The van der Waals surface area contributed by atoms with Crippen molar-refractivity contribution in [3.8, 4) is 0 Å². The molecule has 0 unspecified atom stereocenters. The van der Waals surface area contributed by atoms with Crippen LogP contribution in [-0.2, 0) is 28.8 Å². The van der Waals surface area contributed by atoms with Gasteiger partial charge in [0.05, 0.1) is 38.5 Å². The average molecular weight is 508 g/mol. The fourth-order valence-corrected chi connectivity index (χ4v) is 4.76. The van der Waals surface area contributed by atoms with Gasteiger partial charge >= 0.3 is 35.8 Å². The summed E-state index contributed by atoms with van der Waals surface area (Å²) in [5, 5.41) is 63.4. The van der Waals surface area contributed by atoms with Gasteiger partial charge in [-0.05, 0) is 0 Å². The number of carbonyl (C=O) groups is 6.